The predicted octanol–water partition coefficient (Wildman–Crippen LogP) is 15.1. The van der Waals surface area contributed by atoms with Crippen molar-refractivity contribution < 1.29 is 9.59 Å². The number of nitrogens with one attached hydrogen (secondary N) is 2. The fraction of sp³-hybridized carbons (Fsp3) is 0.959. The van der Waals surface area contributed by atoms with E-state index in [0.717, 1.165) is 32.4 Å². The third kappa shape index (κ3) is 45.3. The number of nitrogens with zero attached hydrogens (tertiary/aromatic N) is 1. The fourth-order valence-corrected chi connectivity index (χ4v) is 7.78. The van der Waals surface area contributed by atoms with Gasteiger partial charge in [-0.3, -0.25) is 14.5 Å². The van der Waals surface area contributed by atoms with E-state index in [1.54, 1.807) is 0 Å². The molecule has 0 spiro atoms. The van der Waals surface area contributed by atoms with Gasteiger partial charge in [0.2, 0.25) is 11.8 Å². The molecule has 2 amide bonds. The molecular formula is C49H99N3O2. The molecule has 0 aliphatic heterocycles. The molecule has 2 N–H and O–H groups in total. The summed E-state index contributed by atoms with van der Waals surface area (Å²) in [6.45, 7) is 6.77. The van der Waals surface area contributed by atoms with E-state index in [1.165, 1.54) is 231 Å². The molecule has 0 rings (SSSR count). The van der Waals surface area contributed by atoms with Gasteiger partial charge in [-0.25, -0.2) is 0 Å². The van der Waals surface area contributed by atoms with E-state index < -0.39 is 0 Å². The van der Waals surface area contributed by atoms with Crippen LogP contribution in [0.5, 0.6) is 0 Å². The van der Waals surface area contributed by atoms with Crippen LogP contribution in [-0.2, 0) is 9.59 Å². The molecule has 0 unspecified atom stereocenters. The van der Waals surface area contributed by atoms with Gasteiger partial charge in [-0.2, -0.15) is 0 Å². The molecule has 0 aliphatic rings. The number of unbranched alkanes of at least 4 members (excludes halogenated alkanes) is 36. The second-order valence-electron chi connectivity index (χ2n) is 17.3. The first-order valence-electron chi connectivity index (χ1n) is 24.8. The largest absolute Gasteiger partial charge is 0.356 e. The maximum atomic E-state index is 12.3. The third-order valence-electron chi connectivity index (χ3n) is 11.6. The quantitative estimate of drug-likeness (QED) is 0.0480. The van der Waals surface area contributed by atoms with Crippen molar-refractivity contribution in [1.29, 1.82) is 0 Å². The highest BCUT2D eigenvalue weighted by atomic mass is 16.2. The van der Waals surface area contributed by atoms with Gasteiger partial charge >= 0.3 is 0 Å². The lowest BCUT2D eigenvalue weighted by atomic mass is 10.0. The molecule has 0 bridgehead atoms. The molecule has 0 saturated carbocycles. The minimum atomic E-state index is 0.168. The number of carbonyl (C=O) groups is 2. The highest BCUT2D eigenvalue weighted by Crippen LogP contribution is 2.16. The average molecular weight is 762 g/mol. The summed E-state index contributed by atoms with van der Waals surface area (Å²) < 4.78 is 0. The minimum Gasteiger partial charge on any atom is -0.356 e. The smallest absolute Gasteiger partial charge is 0.220 e. The molecule has 54 heavy (non-hydrogen) atoms. The first-order chi connectivity index (χ1) is 26.6. The van der Waals surface area contributed by atoms with Crippen LogP contribution in [-0.4, -0.2) is 43.5 Å². The summed E-state index contributed by atoms with van der Waals surface area (Å²) in [5.74, 6) is 0.360. The molecule has 0 heterocycles. The van der Waals surface area contributed by atoms with Crippen molar-refractivity contribution in [2.75, 3.05) is 26.8 Å². The molecule has 0 atom stereocenters. The van der Waals surface area contributed by atoms with E-state index in [1.807, 2.05) is 7.05 Å². The lowest BCUT2D eigenvalue weighted by Crippen LogP contribution is -2.36. The lowest BCUT2D eigenvalue weighted by Gasteiger charge is -2.17. The molecule has 0 fully saturated rings. The zero-order valence-corrected chi connectivity index (χ0v) is 37.4. The second kappa shape index (κ2) is 46.3. The van der Waals surface area contributed by atoms with E-state index >= 15 is 0 Å². The Morgan fingerprint density at radius 1 is 0.333 bits per heavy atom. The van der Waals surface area contributed by atoms with Gasteiger partial charge in [-0.15, -0.1) is 0 Å². The Kier molecular flexibility index (Phi) is 45.3. The molecule has 0 aromatic rings. The van der Waals surface area contributed by atoms with Crippen molar-refractivity contribution in [3.63, 3.8) is 0 Å². The monoisotopic (exact) mass is 762 g/mol. The molecule has 0 saturated heterocycles. The van der Waals surface area contributed by atoms with Gasteiger partial charge in [0.05, 0.1) is 6.67 Å². The zero-order valence-electron chi connectivity index (χ0n) is 37.4. The van der Waals surface area contributed by atoms with Crippen LogP contribution in [0.15, 0.2) is 0 Å². The van der Waals surface area contributed by atoms with E-state index in [9.17, 15) is 9.59 Å². The Balaban J connectivity index is 3.33. The SMILES string of the molecule is CCCCCCCCCCCCCCCCCCCCCC(=O)NCCCN(C)CNC(=O)CCCCCCCCCCCCCCCCCCCCC. The summed E-state index contributed by atoms with van der Waals surface area (Å²) in [5, 5.41) is 6.15. The third-order valence-corrected chi connectivity index (χ3v) is 11.6. The van der Waals surface area contributed by atoms with Crippen molar-refractivity contribution in [2.24, 2.45) is 0 Å². The van der Waals surface area contributed by atoms with Crippen LogP contribution in [0.25, 0.3) is 0 Å². The van der Waals surface area contributed by atoms with E-state index in [0.29, 0.717) is 19.5 Å². The van der Waals surface area contributed by atoms with Gasteiger partial charge in [-0.1, -0.05) is 245 Å². The molecule has 5 nitrogen and oxygen atoms in total. The summed E-state index contributed by atoms with van der Waals surface area (Å²) in [6, 6.07) is 0. The molecule has 0 aliphatic carbocycles. The summed E-state index contributed by atoms with van der Waals surface area (Å²) in [5.41, 5.74) is 0. The van der Waals surface area contributed by atoms with Crippen molar-refractivity contribution in [1.82, 2.24) is 15.5 Å². The van der Waals surface area contributed by atoms with Crippen LogP contribution in [0.3, 0.4) is 0 Å². The molecule has 0 aromatic carbocycles. The highest BCUT2D eigenvalue weighted by molar-refractivity contribution is 5.76. The standard InChI is InChI=1S/C49H99N3O2/c1-4-6-8-10-12-14-16-18-20-22-24-26-28-30-32-34-36-38-40-43-48(53)50-45-42-46-52(3)47-51-49(54)44-41-39-37-35-33-31-29-27-25-23-21-19-17-15-13-11-9-7-5-2/h4-47H2,1-3H3,(H,50,53)(H,51,54). The number of amides is 2. The molecule has 0 aromatic heterocycles. The van der Waals surface area contributed by atoms with Gasteiger partial charge in [0.1, 0.15) is 0 Å². The van der Waals surface area contributed by atoms with Crippen molar-refractivity contribution in [2.45, 2.75) is 277 Å². The van der Waals surface area contributed by atoms with Gasteiger partial charge in [0, 0.05) is 25.9 Å². The maximum Gasteiger partial charge on any atom is 0.220 e. The maximum absolute atomic E-state index is 12.3. The van der Waals surface area contributed by atoms with E-state index in [2.05, 4.69) is 29.4 Å². The van der Waals surface area contributed by atoms with Crippen LogP contribution in [0.2, 0.25) is 0 Å². The van der Waals surface area contributed by atoms with Gasteiger partial charge < -0.3 is 10.6 Å². The number of hydrogen-bond acceptors (Lipinski definition) is 3. The zero-order chi connectivity index (χ0) is 39.3. The van der Waals surface area contributed by atoms with Crippen molar-refractivity contribution in [3.8, 4) is 0 Å². The first kappa shape index (κ1) is 52.9. The summed E-state index contributed by atoms with van der Waals surface area (Å²) in [6.07, 6.45) is 54.4. The van der Waals surface area contributed by atoms with Crippen molar-refractivity contribution in [3.05, 3.63) is 0 Å². The van der Waals surface area contributed by atoms with Gasteiger partial charge in [-0.05, 0) is 26.3 Å². The van der Waals surface area contributed by atoms with E-state index in [-0.39, 0.29) is 11.8 Å². The summed E-state index contributed by atoms with van der Waals surface area (Å²) in [7, 11) is 2.04. The first-order valence-corrected chi connectivity index (χ1v) is 24.8. The van der Waals surface area contributed by atoms with Crippen LogP contribution in [0.4, 0.5) is 0 Å². The molecule has 0 radical (unpaired) electrons. The Labute approximate surface area is 339 Å². The highest BCUT2D eigenvalue weighted by Gasteiger charge is 2.05. The fourth-order valence-electron chi connectivity index (χ4n) is 7.78. The van der Waals surface area contributed by atoms with Crippen LogP contribution < -0.4 is 10.6 Å². The Morgan fingerprint density at radius 2 is 0.574 bits per heavy atom. The number of hydrogen-bond donors (Lipinski definition) is 2. The summed E-state index contributed by atoms with van der Waals surface area (Å²) in [4.78, 5) is 26.6. The number of rotatable bonds is 46. The number of carbonyl (C=O) groups excluding carboxylic acids is 2. The molecule has 5 heteroatoms. The van der Waals surface area contributed by atoms with Crippen LogP contribution >= 0.6 is 0 Å². The minimum absolute atomic E-state index is 0.168. The predicted molar refractivity (Wildman–Crippen MR) is 239 cm³/mol. The summed E-state index contributed by atoms with van der Waals surface area (Å²) >= 11 is 0. The van der Waals surface area contributed by atoms with Gasteiger partial charge in [0.15, 0.2) is 0 Å². The lowest BCUT2D eigenvalue weighted by molar-refractivity contribution is -0.122. The molecular weight excluding hydrogens is 663 g/mol. The molecule has 322 valence electrons. The van der Waals surface area contributed by atoms with Gasteiger partial charge in [0.25, 0.3) is 0 Å². The van der Waals surface area contributed by atoms with Crippen LogP contribution in [0, 0.1) is 0 Å². The normalized spacial score (nSPS) is 11.5. The Bertz CT molecular complexity index is 744. The average Bonchev–Trinajstić information content (AvgIpc) is 3.17. The topological polar surface area (TPSA) is 61.4 Å². The Hall–Kier alpha value is -1.10. The second-order valence-corrected chi connectivity index (χ2v) is 17.3. The van der Waals surface area contributed by atoms with E-state index in [4.69, 9.17) is 0 Å². The van der Waals surface area contributed by atoms with Crippen molar-refractivity contribution >= 4 is 11.8 Å². The Morgan fingerprint density at radius 3 is 0.852 bits per heavy atom. The van der Waals surface area contributed by atoms with Crippen LogP contribution in [0.1, 0.15) is 277 Å².